The Labute approximate surface area is 128 Å². The van der Waals surface area contributed by atoms with E-state index in [4.69, 9.17) is 17.3 Å². The van der Waals surface area contributed by atoms with Gasteiger partial charge in [-0.15, -0.1) is 0 Å². The minimum absolute atomic E-state index is 0.0395. The lowest BCUT2D eigenvalue weighted by Gasteiger charge is -2.35. The van der Waals surface area contributed by atoms with E-state index in [9.17, 15) is 14.9 Å². The molecule has 0 saturated carbocycles. The van der Waals surface area contributed by atoms with Crippen molar-refractivity contribution < 1.29 is 9.72 Å². The van der Waals surface area contributed by atoms with Gasteiger partial charge >= 0.3 is 0 Å². The average molecular weight is 312 g/mol. The highest BCUT2D eigenvalue weighted by molar-refractivity contribution is 6.34. The number of nitrogens with zero attached hydrogens (tertiary/aromatic N) is 2. The lowest BCUT2D eigenvalue weighted by Crippen LogP contribution is -2.43. The zero-order valence-electron chi connectivity index (χ0n) is 11.8. The maximum atomic E-state index is 12.7. The predicted molar refractivity (Wildman–Crippen MR) is 81.5 cm³/mol. The third kappa shape index (κ3) is 3.10. The van der Waals surface area contributed by atoms with Crippen LogP contribution in [0.5, 0.6) is 0 Å². The van der Waals surface area contributed by atoms with Gasteiger partial charge in [0.2, 0.25) is 0 Å². The predicted octanol–water partition coefficient (Wildman–Crippen LogP) is 3.24. The van der Waals surface area contributed by atoms with Gasteiger partial charge in [-0.25, -0.2) is 0 Å². The van der Waals surface area contributed by atoms with Crippen molar-refractivity contribution in [2.24, 2.45) is 0 Å². The maximum absolute atomic E-state index is 12.7. The van der Waals surface area contributed by atoms with Gasteiger partial charge in [0.25, 0.3) is 11.6 Å². The van der Waals surface area contributed by atoms with Gasteiger partial charge in [0, 0.05) is 24.7 Å². The molecule has 6 nitrogen and oxygen atoms in total. The van der Waals surface area contributed by atoms with Crippen molar-refractivity contribution in [1.29, 1.82) is 0 Å². The fraction of sp³-hybridized carbons (Fsp3) is 0.500. The smallest absolute Gasteiger partial charge is 0.271 e. The molecule has 2 rings (SSSR count). The van der Waals surface area contributed by atoms with Crippen molar-refractivity contribution in [2.45, 2.75) is 38.6 Å². The molecule has 0 radical (unpaired) electrons. The molecule has 1 saturated heterocycles. The molecule has 1 fully saturated rings. The summed E-state index contributed by atoms with van der Waals surface area (Å²) < 4.78 is 0. The van der Waals surface area contributed by atoms with Crippen LogP contribution in [0.3, 0.4) is 0 Å². The van der Waals surface area contributed by atoms with E-state index in [2.05, 4.69) is 0 Å². The molecule has 1 aliphatic rings. The zero-order chi connectivity index (χ0) is 15.6. The van der Waals surface area contributed by atoms with Crippen molar-refractivity contribution in [1.82, 2.24) is 4.90 Å². The summed E-state index contributed by atoms with van der Waals surface area (Å²) in [6.07, 6.45) is 3.83. The number of nitro benzene ring substituents is 1. The monoisotopic (exact) mass is 311 g/mol. The number of nitrogens with two attached hydrogens (primary N) is 1. The van der Waals surface area contributed by atoms with Crippen molar-refractivity contribution in [3.8, 4) is 0 Å². The van der Waals surface area contributed by atoms with Gasteiger partial charge in [0.05, 0.1) is 21.2 Å². The maximum Gasteiger partial charge on any atom is 0.271 e. The van der Waals surface area contributed by atoms with Crippen LogP contribution in [0.4, 0.5) is 11.4 Å². The van der Waals surface area contributed by atoms with E-state index >= 15 is 0 Å². The van der Waals surface area contributed by atoms with Gasteiger partial charge in [0.1, 0.15) is 0 Å². The fourth-order valence-corrected chi connectivity index (χ4v) is 2.95. The summed E-state index contributed by atoms with van der Waals surface area (Å²) in [5, 5.41) is 11.0. The number of hydrogen-bond acceptors (Lipinski definition) is 4. The lowest BCUT2D eigenvalue weighted by atomic mass is 9.98. The van der Waals surface area contributed by atoms with E-state index in [0.717, 1.165) is 25.7 Å². The number of carbonyl (C=O) groups excluding carboxylic acids is 1. The van der Waals surface area contributed by atoms with Crippen LogP contribution in [0.1, 0.15) is 43.0 Å². The number of nitro groups is 1. The summed E-state index contributed by atoms with van der Waals surface area (Å²) in [7, 11) is 0. The van der Waals surface area contributed by atoms with Crippen molar-refractivity contribution in [2.75, 3.05) is 12.3 Å². The van der Waals surface area contributed by atoms with E-state index in [1.807, 2.05) is 6.92 Å². The molecule has 114 valence electrons. The lowest BCUT2D eigenvalue weighted by molar-refractivity contribution is -0.384. The highest BCUT2D eigenvalue weighted by atomic mass is 35.5. The largest absolute Gasteiger partial charge is 0.397 e. The Morgan fingerprint density at radius 2 is 2.24 bits per heavy atom. The number of amides is 1. The standard InChI is InChI=1S/C14H18ClN3O3/c1-2-9-5-3-4-6-17(9)14(19)11-7-10(18(20)21)8-12(15)13(11)16/h7-9H,2-6,16H2,1H3. The molecule has 1 unspecified atom stereocenters. The molecule has 0 aliphatic carbocycles. The first-order chi connectivity index (χ1) is 9.95. The summed E-state index contributed by atoms with van der Waals surface area (Å²) in [5.74, 6) is -0.273. The third-order valence-electron chi connectivity index (χ3n) is 3.91. The van der Waals surface area contributed by atoms with Gasteiger partial charge < -0.3 is 10.6 Å². The molecule has 1 atom stereocenters. The van der Waals surface area contributed by atoms with Crippen molar-refractivity contribution in [3.05, 3.63) is 32.8 Å². The summed E-state index contributed by atoms with van der Waals surface area (Å²) in [5.41, 5.74) is 5.85. The number of carbonyl (C=O) groups is 1. The first-order valence-electron chi connectivity index (χ1n) is 7.00. The average Bonchev–Trinajstić information content (AvgIpc) is 2.48. The van der Waals surface area contributed by atoms with E-state index in [1.54, 1.807) is 4.90 Å². The first-order valence-corrected chi connectivity index (χ1v) is 7.37. The molecule has 1 heterocycles. The van der Waals surface area contributed by atoms with Crippen molar-refractivity contribution in [3.63, 3.8) is 0 Å². The number of piperidine rings is 1. The molecular weight excluding hydrogens is 294 g/mol. The zero-order valence-corrected chi connectivity index (χ0v) is 12.6. The summed E-state index contributed by atoms with van der Waals surface area (Å²) >= 11 is 5.92. The van der Waals surface area contributed by atoms with Crippen LogP contribution in [-0.4, -0.2) is 28.3 Å². The molecule has 7 heteroatoms. The Morgan fingerprint density at radius 1 is 1.52 bits per heavy atom. The molecule has 1 aromatic carbocycles. The second-order valence-corrected chi connectivity index (χ2v) is 5.61. The Balaban J connectivity index is 2.40. The molecule has 1 aromatic rings. The van der Waals surface area contributed by atoms with Crippen LogP contribution in [-0.2, 0) is 0 Å². The normalized spacial score (nSPS) is 18.6. The minimum atomic E-state index is -0.574. The molecule has 0 spiro atoms. The number of benzene rings is 1. The Hall–Kier alpha value is -1.82. The summed E-state index contributed by atoms with van der Waals surface area (Å²) in [6.45, 7) is 2.68. The molecular formula is C14H18ClN3O3. The van der Waals surface area contributed by atoms with Crippen LogP contribution < -0.4 is 5.73 Å². The van der Waals surface area contributed by atoms with E-state index in [0.29, 0.717) is 6.54 Å². The number of rotatable bonds is 3. The summed E-state index contributed by atoms with van der Waals surface area (Å²) in [4.78, 5) is 24.8. The van der Waals surface area contributed by atoms with E-state index < -0.39 is 4.92 Å². The Kier molecular flexibility index (Phi) is 4.67. The van der Waals surface area contributed by atoms with Crippen LogP contribution in [0.25, 0.3) is 0 Å². The first kappa shape index (κ1) is 15.6. The number of hydrogen-bond donors (Lipinski definition) is 1. The highest BCUT2D eigenvalue weighted by Gasteiger charge is 2.29. The van der Waals surface area contributed by atoms with Crippen LogP contribution >= 0.6 is 11.6 Å². The summed E-state index contributed by atoms with van der Waals surface area (Å²) in [6, 6.07) is 2.54. The minimum Gasteiger partial charge on any atom is -0.397 e. The van der Waals surface area contributed by atoms with Crippen LogP contribution in [0, 0.1) is 10.1 Å². The number of non-ortho nitro benzene ring substituents is 1. The second kappa shape index (κ2) is 6.30. The van der Waals surface area contributed by atoms with Gasteiger partial charge in [-0.1, -0.05) is 18.5 Å². The van der Waals surface area contributed by atoms with E-state index in [1.165, 1.54) is 12.1 Å². The molecule has 0 bridgehead atoms. The second-order valence-electron chi connectivity index (χ2n) is 5.20. The molecule has 1 aliphatic heterocycles. The number of likely N-dealkylation sites (tertiary alicyclic amines) is 1. The highest BCUT2D eigenvalue weighted by Crippen LogP contribution is 2.31. The molecule has 21 heavy (non-hydrogen) atoms. The third-order valence-corrected chi connectivity index (χ3v) is 4.23. The fourth-order valence-electron chi connectivity index (χ4n) is 2.73. The Bertz CT molecular complexity index is 577. The quantitative estimate of drug-likeness (QED) is 0.527. The van der Waals surface area contributed by atoms with E-state index in [-0.39, 0.29) is 33.9 Å². The van der Waals surface area contributed by atoms with Gasteiger partial charge in [-0.3, -0.25) is 14.9 Å². The molecule has 1 amide bonds. The van der Waals surface area contributed by atoms with Gasteiger partial charge in [0.15, 0.2) is 0 Å². The van der Waals surface area contributed by atoms with Crippen molar-refractivity contribution >= 4 is 28.9 Å². The number of halogens is 1. The molecule has 2 N–H and O–H groups in total. The number of nitrogen functional groups attached to an aromatic ring is 1. The molecule has 0 aromatic heterocycles. The SMILES string of the molecule is CCC1CCCCN1C(=O)c1cc([N+](=O)[O-])cc(Cl)c1N. The number of anilines is 1. The van der Waals surface area contributed by atoms with Crippen LogP contribution in [0.2, 0.25) is 5.02 Å². The van der Waals surface area contributed by atoms with Crippen LogP contribution in [0.15, 0.2) is 12.1 Å². The topological polar surface area (TPSA) is 89.5 Å². The van der Waals surface area contributed by atoms with Gasteiger partial charge in [-0.2, -0.15) is 0 Å². The Morgan fingerprint density at radius 3 is 2.86 bits per heavy atom. The van der Waals surface area contributed by atoms with Gasteiger partial charge in [-0.05, 0) is 25.7 Å².